The summed E-state index contributed by atoms with van der Waals surface area (Å²) in [5, 5.41) is 4.24. The largest absolute Gasteiger partial charge is 0.464 e. The van der Waals surface area contributed by atoms with Gasteiger partial charge in [-0.25, -0.2) is 9.97 Å². The maximum absolute atomic E-state index is 5.23. The van der Waals surface area contributed by atoms with Crippen molar-refractivity contribution in [1.29, 1.82) is 0 Å². The Bertz CT molecular complexity index is 494. The zero-order valence-corrected chi connectivity index (χ0v) is 9.51. The Labute approximate surface area is 93.3 Å². The van der Waals surface area contributed by atoms with Crippen LogP contribution in [0.3, 0.4) is 0 Å². The highest BCUT2D eigenvalue weighted by molar-refractivity contribution is 5.22. The van der Waals surface area contributed by atoms with Gasteiger partial charge in [0.05, 0.1) is 6.61 Å². The second kappa shape index (κ2) is 4.26. The average Bonchev–Trinajstić information content (AvgIpc) is 2.59. The molecule has 0 aromatic carbocycles. The summed E-state index contributed by atoms with van der Waals surface area (Å²) in [5.41, 5.74) is 0. The van der Waals surface area contributed by atoms with Crippen molar-refractivity contribution in [2.75, 3.05) is 6.61 Å². The molecule has 84 valence electrons. The molecule has 0 radical (unpaired) electrons. The molecule has 0 amide bonds. The maximum atomic E-state index is 5.23. The average molecular weight is 219 g/mol. The van der Waals surface area contributed by atoms with Crippen molar-refractivity contribution in [3.8, 4) is 11.8 Å². The van der Waals surface area contributed by atoms with E-state index in [0.717, 1.165) is 5.82 Å². The first-order chi connectivity index (χ1) is 7.70. The molecule has 16 heavy (non-hydrogen) atoms. The van der Waals surface area contributed by atoms with Crippen LogP contribution < -0.4 is 4.74 Å². The monoisotopic (exact) mass is 219 g/mol. The van der Waals surface area contributed by atoms with Gasteiger partial charge in [0.1, 0.15) is 11.6 Å². The molecule has 6 heteroatoms. The molecule has 0 fully saturated rings. The molecule has 0 N–H and O–H groups in total. The van der Waals surface area contributed by atoms with Crippen LogP contribution in [0.1, 0.15) is 18.6 Å². The summed E-state index contributed by atoms with van der Waals surface area (Å²) in [7, 11) is 0. The van der Waals surface area contributed by atoms with Crippen molar-refractivity contribution < 1.29 is 4.74 Å². The van der Waals surface area contributed by atoms with Gasteiger partial charge in [-0.2, -0.15) is 9.67 Å². The van der Waals surface area contributed by atoms with E-state index >= 15 is 0 Å². The van der Waals surface area contributed by atoms with Crippen LogP contribution >= 0.6 is 0 Å². The summed E-state index contributed by atoms with van der Waals surface area (Å²) in [6, 6.07) is 2.12. The fourth-order valence-electron chi connectivity index (χ4n) is 1.39. The first kappa shape index (κ1) is 10.5. The van der Waals surface area contributed by atoms with Gasteiger partial charge in [-0.1, -0.05) is 0 Å². The predicted molar refractivity (Wildman–Crippen MR) is 57.6 cm³/mol. The SMILES string of the molecule is CCOc1nccc(-n2nc(C)nc2C)n1. The number of rotatable bonds is 3. The summed E-state index contributed by atoms with van der Waals surface area (Å²) in [6.07, 6.45) is 1.64. The Kier molecular flexibility index (Phi) is 2.80. The van der Waals surface area contributed by atoms with E-state index in [1.165, 1.54) is 0 Å². The van der Waals surface area contributed by atoms with Crippen LogP contribution in [0.4, 0.5) is 0 Å². The van der Waals surface area contributed by atoms with Crippen molar-refractivity contribution in [2.45, 2.75) is 20.8 Å². The first-order valence-electron chi connectivity index (χ1n) is 5.07. The second-order valence-corrected chi connectivity index (χ2v) is 3.25. The molecule has 0 saturated carbocycles. The lowest BCUT2D eigenvalue weighted by Crippen LogP contribution is -2.05. The van der Waals surface area contributed by atoms with Gasteiger partial charge in [-0.3, -0.25) is 0 Å². The number of nitrogens with zero attached hydrogens (tertiary/aromatic N) is 5. The number of aromatic nitrogens is 5. The van der Waals surface area contributed by atoms with E-state index in [1.807, 2.05) is 20.8 Å². The second-order valence-electron chi connectivity index (χ2n) is 3.25. The maximum Gasteiger partial charge on any atom is 0.318 e. The summed E-state index contributed by atoms with van der Waals surface area (Å²) in [6.45, 7) is 6.15. The zero-order valence-electron chi connectivity index (χ0n) is 9.51. The van der Waals surface area contributed by atoms with Crippen molar-refractivity contribution in [2.24, 2.45) is 0 Å². The van der Waals surface area contributed by atoms with Crippen molar-refractivity contribution in [3.63, 3.8) is 0 Å². The van der Waals surface area contributed by atoms with Gasteiger partial charge in [0.2, 0.25) is 0 Å². The molecular formula is C10H13N5O. The lowest BCUT2D eigenvalue weighted by atomic mass is 10.5. The predicted octanol–water partition coefficient (Wildman–Crippen LogP) is 1.07. The van der Waals surface area contributed by atoms with Crippen LogP contribution in [0.2, 0.25) is 0 Å². The Balaban J connectivity index is 2.40. The number of ether oxygens (including phenoxy) is 1. The molecule has 2 aromatic heterocycles. The third-order valence-electron chi connectivity index (χ3n) is 1.98. The molecule has 0 aliphatic rings. The van der Waals surface area contributed by atoms with E-state index < -0.39 is 0 Å². The van der Waals surface area contributed by atoms with Crippen LogP contribution in [0.5, 0.6) is 6.01 Å². The van der Waals surface area contributed by atoms with Gasteiger partial charge in [0.15, 0.2) is 5.82 Å². The van der Waals surface area contributed by atoms with Gasteiger partial charge in [-0.05, 0) is 20.8 Å². The van der Waals surface area contributed by atoms with Gasteiger partial charge in [0.25, 0.3) is 0 Å². The summed E-state index contributed by atoms with van der Waals surface area (Å²) >= 11 is 0. The smallest absolute Gasteiger partial charge is 0.318 e. The number of hydrogen-bond donors (Lipinski definition) is 0. The van der Waals surface area contributed by atoms with Gasteiger partial charge in [-0.15, -0.1) is 5.10 Å². The zero-order chi connectivity index (χ0) is 11.5. The lowest BCUT2D eigenvalue weighted by molar-refractivity contribution is 0.312. The van der Waals surface area contributed by atoms with Crippen molar-refractivity contribution in [3.05, 3.63) is 23.9 Å². The van der Waals surface area contributed by atoms with E-state index in [9.17, 15) is 0 Å². The molecule has 2 heterocycles. The minimum absolute atomic E-state index is 0.354. The molecule has 0 atom stereocenters. The molecule has 2 rings (SSSR count). The van der Waals surface area contributed by atoms with Gasteiger partial charge < -0.3 is 4.74 Å². The van der Waals surface area contributed by atoms with Crippen molar-refractivity contribution in [1.82, 2.24) is 24.7 Å². The summed E-state index contributed by atoms with van der Waals surface area (Å²) in [4.78, 5) is 12.4. The van der Waals surface area contributed by atoms with Crippen LogP contribution in [0.15, 0.2) is 12.3 Å². The highest BCUT2D eigenvalue weighted by Gasteiger charge is 2.07. The van der Waals surface area contributed by atoms with Crippen LogP contribution in [-0.2, 0) is 0 Å². The van der Waals surface area contributed by atoms with E-state index in [4.69, 9.17) is 4.74 Å². The topological polar surface area (TPSA) is 65.7 Å². The van der Waals surface area contributed by atoms with Crippen molar-refractivity contribution >= 4 is 0 Å². The lowest BCUT2D eigenvalue weighted by Gasteiger charge is -2.04. The summed E-state index contributed by atoms with van der Waals surface area (Å²) < 4.78 is 6.90. The van der Waals surface area contributed by atoms with E-state index in [1.54, 1.807) is 16.9 Å². The minimum Gasteiger partial charge on any atom is -0.464 e. The molecule has 6 nitrogen and oxygen atoms in total. The molecular weight excluding hydrogens is 206 g/mol. The van der Waals surface area contributed by atoms with Crippen LogP contribution in [0.25, 0.3) is 5.82 Å². The van der Waals surface area contributed by atoms with E-state index in [-0.39, 0.29) is 0 Å². The quantitative estimate of drug-likeness (QED) is 0.772. The fourth-order valence-corrected chi connectivity index (χ4v) is 1.39. The molecule has 0 unspecified atom stereocenters. The highest BCUT2D eigenvalue weighted by Crippen LogP contribution is 2.09. The standard InChI is InChI=1S/C10H13N5O/c1-4-16-10-11-6-5-9(13-10)15-8(3)12-7(2)14-15/h5-6H,4H2,1-3H3. The molecule has 0 aliphatic carbocycles. The molecule has 0 bridgehead atoms. The molecule has 0 saturated heterocycles. The number of hydrogen-bond acceptors (Lipinski definition) is 5. The van der Waals surface area contributed by atoms with Crippen LogP contribution in [0, 0.1) is 13.8 Å². The third-order valence-corrected chi connectivity index (χ3v) is 1.98. The van der Waals surface area contributed by atoms with Gasteiger partial charge in [0, 0.05) is 12.3 Å². The molecule has 2 aromatic rings. The van der Waals surface area contributed by atoms with Gasteiger partial charge >= 0.3 is 6.01 Å². The molecule has 0 aliphatic heterocycles. The Hall–Kier alpha value is -1.98. The fraction of sp³-hybridized carbons (Fsp3) is 0.400. The first-order valence-corrected chi connectivity index (χ1v) is 5.07. The number of aryl methyl sites for hydroxylation is 2. The Morgan fingerprint density at radius 3 is 2.75 bits per heavy atom. The minimum atomic E-state index is 0.354. The van der Waals surface area contributed by atoms with E-state index in [2.05, 4.69) is 20.1 Å². The summed E-state index contributed by atoms with van der Waals surface area (Å²) in [5.74, 6) is 2.17. The molecule has 0 spiro atoms. The Morgan fingerprint density at radius 2 is 2.12 bits per heavy atom. The third kappa shape index (κ3) is 2.00. The van der Waals surface area contributed by atoms with Crippen LogP contribution in [-0.4, -0.2) is 31.3 Å². The Morgan fingerprint density at radius 1 is 1.31 bits per heavy atom. The normalized spacial score (nSPS) is 10.4. The van der Waals surface area contributed by atoms with E-state index in [0.29, 0.717) is 24.3 Å². The highest BCUT2D eigenvalue weighted by atomic mass is 16.5.